The Kier molecular flexibility index (Phi) is 4.33. The van der Waals surface area contributed by atoms with Crippen molar-refractivity contribution >= 4 is 11.6 Å². The number of hydrogen-bond donors (Lipinski definition) is 0. The highest BCUT2D eigenvalue weighted by atomic mass is 35.5. The standard InChI is InChI=1S/C11H13ClF2/c1-2-9(12)5-3-8-4-6-10(13)11(14)7-8/h4,6-7,9H,2-3,5H2,1H3. The summed E-state index contributed by atoms with van der Waals surface area (Å²) in [7, 11) is 0. The maximum Gasteiger partial charge on any atom is 0.159 e. The molecule has 0 spiro atoms. The van der Waals surface area contributed by atoms with Crippen LogP contribution in [0.25, 0.3) is 0 Å². The van der Waals surface area contributed by atoms with E-state index in [1.165, 1.54) is 6.07 Å². The van der Waals surface area contributed by atoms with Crippen molar-refractivity contribution in [2.45, 2.75) is 31.6 Å². The first kappa shape index (κ1) is 11.4. The first-order valence-electron chi connectivity index (χ1n) is 4.71. The van der Waals surface area contributed by atoms with Gasteiger partial charge in [-0.3, -0.25) is 0 Å². The maximum atomic E-state index is 12.8. The van der Waals surface area contributed by atoms with E-state index in [1.54, 1.807) is 6.07 Å². The van der Waals surface area contributed by atoms with E-state index in [0.717, 1.165) is 24.5 Å². The third kappa shape index (κ3) is 3.26. The Morgan fingerprint density at radius 2 is 2.00 bits per heavy atom. The number of rotatable bonds is 4. The molecule has 0 aliphatic rings. The van der Waals surface area contributed by atoms with Gasteiger partial charge in [-0.2, -0.15) is 0 Å². The van der Waals surface area contributed by atoms with Gasteiger partial charge in [0.05, 0.1) is 0 Å². The zero-order chi connectivity index (χ0) is 10.6. The lowest BCUT2D eigenvalue weighted by atomic mass is 10.1. The largest absolute Gasteiger partial charge is 0.204 e. The fraction of sp³-hybridized carbons (Fsp3) is 0.455. The molecule has 1 aromatic rings. The molecule has 0 bridgehead atoms. The predicted octanol–water partition coefficient (Wildman–Crippen LogP) is 3.91. The van der Waals surface area contributed by atoms with Crippen molar-refractivity contribution in [3.63, 3.8) is 0 Å². The minimum Gasteiger partial charge on any atom is -0.204 e. The average molecular weight is 219 g/mol. The molecule has 14 heavy (non-hydrogen) atoms. The molecule has 78 valence electrons. The first-order valence-corrected chi connectivity index (χ1v) is 5.15. The highest BCUT2D eigenvalue weighted by Crippen LogP contribution is 2.14. The van der Waals surface area contributed by atoms with Crippen LogP contribution in [0.4, 0.5) is 8.78 Å². The van der Waals surface area contributed by atoms with Crippen molar-refractivity contribution in [2.24, 2.45) is 0 Å². The molecule has 0 fully saturated rings. The van der Waals surface area contributed by atoms with Crippen molar-refractivity contribution in [3.8, 4) is 0 Å². The molecular formula is C11H13ClF2. The van der Waals surface area contributed by atoms with Crippen molar-refractivity contribution in [1.29, 1.82) is 0 Å². The molecule has 1 unspecified atom stereocenters. The molecule has 0 heterocycles. The third-order valence-electron chi connectivity index (χ3n) is 2.17. The molecule has 0 aliphatic heterocycles. The molecule has 0 nitrogen and oxygen atoms in total. The quantitative estimate of drug-likeness (QED) is 0.672. The predicted molar refractivity (Wildman–Crippen MR) is 54.6 cm³/mol. The summed E-state index contributed by atoms with van der Waals surface area (Å²) in [5, 5.41) is 0.114. The fourth-order valence-corrected chi connectivity index (χ4v) is 1.33. The van der Waals surface area contributed by atoms with Gasteiger partial charge in [0.1, 0.15) is 0 Å². The lowest BCUT2D eigenvalue weighted by Gasteiger charge is -2.06. The van der Waals surface area contributed by atoms with Gasteiger partial charge in [-0.1, -0.05) is 13.0 Å². The van der Waals surface area contributed by atoms with Crippen molar-refractivity contribution < 1.29 is 8.78 Å². The molecule has 0 N–H and O–H groups in total. The van der Waals surface area contributed by atoms with Gasteiger partial charge in [0.15, 0.2) is 11.6 Å². The summed E-state index contributed by atoms with van der Waals surface area (Å²) in [4.78, 5) is 0. The van der Waals surface area contributed by atoms with E-state index in [4.69, 9.17) is 11.6 Å². The van der Waals surface area contributed by atoms with Gasteiger partial charge >= 0.3 is 0 Å². The van der Waals surface area contributed by atoms with Crippen LogP contribution in [0.1, 0.15) is 25.3 Å². The van der Waals surface area contributed by atoms with Gasteiger partial charge < -0.3 is 0 Å². The average Bonchev–Trinajstić information content (AvgIpc) is 2.19. The summed E-state index contributed by atoms with van der Waals surface area (Å²) in [6.45, 7) is 2.00. The van der Waals surface area contributed by atoms with Crippen molar-refractivity contribution in [2.75, 3.05) is 0 Å². The minimum absolute atomic E-state index is 0.114. The summed E-state index contributed by atoms with van der Waals surface area (Å²) < 4.78 is 25.3. The van der Waals surface area contributed by atoms with Crippen LogP contribution in [0.2, 0.25) is 0 Å². The third-order valence-corrected chi connectivity index (χ3v) is 2.70. The number of aryl methyl sites for hydroxylation is 1. The van der Waals surface area contributed by atoms with Gasteiger partial charge in [0.25, 0.3) is 0 Å². The topological polar surface area (TPSA) is 0 Å². The van der Waals surface area contributed by atoms with E-state index in [0.29, 0.717) is 6.42 Å². The smallest absolute Gasteiger partial charge is 0.159 e. The minimum atomic E-state index is -0.799. The Morgan fingerprint density at radius 1 is 1.29 bits per heavy atom. The van der Waals surface area contributed by atoms with Crippen LogP contribution >= 0.6 is 11.6 Å². The first-order chi connectivity index (χ1) is 6.63. The molecule has 0 radical (unpaired) electrons. The Labute approximate surface area is 87.9 Å². The normalized spacial score (nSPS) is 12.9. The second kappa shape index (κ2) is 5.30. The van der Waals surface area contributed by atoms with Gasteiger partial charge in [-0.25, -0.2) is 8.78 Å². The molecule has 0 aromatic heterocycles. The van der Waals surface area contributed by atoms with Crippen LogP contribution < -0.4 is 0 Å². The van der Waals surface area contributed by atoms with E-state index in [9.17, 15) is 8.78 Å². The van der Waals surface area contributed by atoms with Gasteiger partial charge in [0, 0.05) is 5.38 Å². The van der Waals surface area contributed by atoms with Crippen LogP contribution in [0.3, 0.4) is 0 Å². The highest BCUT2D eigenvalue weighted by molar-refractivity contribution is 6.20. The second-order valence-corrected chi connectivity index (χ2v) is 3.91. The Hall–Kier alpha value is -0.630. The summed E-state index contributed by atoms with van der Waals surface area (Å²) >= 11 is 5.92. The molecule has 3 heteroatoms. The zero-order valence-corrected chi connectivity index (χ0v) is 8.82. The molecule has 1 aromatic carbocycles. The van der Waals surface area contributed by atoms with E-state index in [2.05, 4.69) is 0 Å². The molecule has 0 amide bonds. The number of benzene rings is 1. The zero-order valence-electron chi connectivity index (χ0n) is 8.06. The SMILES string of the molecule is CCC(Cl)CCc1ccc(F)c(F)c1. The van der Waals surface area contributed by atoms with E-state index in [-0.39, 0.29) is 5.38 Å². The molecular weight excluding hydrogens is 206 g/mol. The summed E-state index contributed by atoms with van der Waals surface area (Å²) in [5.41, 5.74) is 0.794. The summed E-state index contributed by atoms with van der Waals surface area (Å²) in [6.07, 6.45) is 2.38. The van der Waals surface area contributed by atoms with Gasteiger partial charge in [0.2, 0.25) is 0 Å². The van der Waals surface area contributed by atoms with E-state index >= 15 is 0 Å². The summed E-state index contributed by atoms with van der Waals surface area (Å²) in [5.74, 6) is -1.59. The Morgan fingerprint density at radius 3 is 2.57 bits per heavy atom. The Balaban J connectivity index is 2.55. The Bertz CT molecular complexity index is 299. The van der Waals surface area contributed by atoms with Crippen molar-refractivity contribution in [3.05, 3.63) is 35.4 Å². The van der Waals surface area contributed by atoms with Crippen LogP contribution in [0.15, 0.2) is 18.2 Å². The molecule has 0 aliphatic carbocycles. The van der Waals surface area contributed by atoms with Gasteiger partial charge in [-0.05, 0) is 37.0 Å². The highest BCUT2D eigenvalue weighted by Gasteiger charge is 2.05. The molecule has 0 saturated heterocycles. The molecule has 1 rings (SSSR count). The number of alkyl halides is 1. The lowest BCUT2D eigenvalue weighted by Crippen LogP contribution is -1.99. The van der Waals surface area contributed by atoms with Crippen LogP contribution in [0, 0.1) is 11.6 Å². The van der Waals surface area contributed by atoms with Crippen LogP contribution in [0.5, 0.6) is 0 Å². The van der Waals surface area contributed by atoms with E-state index in [1.807, 2.05) is 6.92 Å². The van der Waals surface area contributed by atoms with Crippen LogP contribution in [-0.2, 0) is 6.42 Å². The monoisotopic (exact) mass is 218 g/mol. The van der Waals surface area contributed by atoms with Crippen LogP contribution in [-0.4, -0.2) is 5.38 Å². The number of halogens is 3. The second-order valence-electron chi connectivity index (χ2n) is 3.29. The number of hydrogen-bond acceptors (Lipinski definition) is 0. The van der Waals surface area contributed by atoms with E-state index < -0.39 is 11.6 Å². The lowest BCUT2D eigenvalue weighted by molar-refractivity contribution is 0.506. The molecule has 0 saturated carbocycles. The molecule has 1 atom stereocenters. The van der Waals surface area contributed by atoms with Crippen molar-refractivity contribution in [1.82, 2.24) is 0 Å². The fourth-order valence-electron chi connectivity index (χ4n) is 1.22. The summed E-state index contributed by atoms with van der Waals surface area (Å²) in [6, 6.07) is 3.98. The van der Waals surface area contributed by atoms with Gasteiger partial charge in [-0.15, -0.1) is 11.6 Å². The maximum absolute atomic E-state index is 12.8.